The van der Waals surface area contributed by atoms with Gasteiger partial charge in [-0.25, -0.2) is 9.97 Å². The Balaban J connectivity index is 2.02. The molecule has 0 spiro atoms. The number of aromatic nitrogens is 3. The van der Waals surface area contributed by atoms with E-state index in [-0.39, 0.29) is 17.5 Å². The van der Waals surface area contributed by atoms with Crippen molar-refractivity contribution in [1.82, 2.24) is 20.3 Å². The maximum Gasteiger partial charge on any atom is 0.180 e. The Hall–Kier alpha value is -2.05. The van der Waals surface area contributed by atoms with Gasteiger partial charge in [0.1, 0.15) is 17.7 Å². The van der Waals surface area contributed by atoms with E-state index in [0.29, 0.717) is 5.82 Å². The summed E-state index contributed by atoms with van der Waals surface area (Å²) in [7, 11) is 2.03. The van der Waals surface area contributed by atoms with E-state index < -0.39 is 6.23 Å². The van der Waals surface area contributed by atoms with Crippen molar-refractivity contribution in [3.05, 3.63) is 35.7 Å². The molecule has 2 atom stereocenters. The number of pyridine rings is 1. The third kappa shape index (κ3) is 4.50. The molecule has 2 N–H and O–H groups in total. The first kappa shape index (κ1) is 20.7. The van der Waals surface area contributed by atoms with Crippen LogP contribution in [0, 0.1) is 5.92 Å². The second-order valence-corrected chi connectivity index (χ2v) is 9.05. The van der Waals surface area contributed by atoms with Gasteiger partial charge in [-0.15, -0.1) is 0 Å². The lowest BCUT2D eigenvalue weighted by Gasteiger charge is -2.39. The highest BCUT2D eigenvalue weighted by Crippen LogP contribution is 2.32. The normalized spacial score (nSPS) is 16.1. The number of aryl methyl sites for hydroxylation is 1. The van der Waals surface area contributed by atoms with E-state index in [9.17, 15) is 5.11 Å². The molecule has 0 saturated heterocycles. The van der Waals surface area contributed by atoms with Gasteiger partial charge in [0.25, 0.3) is 0 Å². The van der Waals surface area contributed by atoms with Crippen molar-refractivity contribution in [2.75, 3.05) is 11.9 Å². The standard InChI is InChI=1S/C22H33N5O/c1-14(2)18(21(28)26-22(3,4)5)27(6)20-15-10-9-12-16(15)24-19(25-20)17-11-7-8-13-23-17/h7-8,11,13-14,18,21,26,28H,9-10,12H2,1-6H3/t18-,21?/m0/s1. The molecule has 0 aliphatic heterocycles. The largest absolute Gasteiger partial charge is 0.376 e. The van der Waals surface area contributed by atoms with Crippen LogP contribution >= 0.6 is 0 Å². The molecule has 0 amide bonds. The van der Waals surface area contributed by atoms with E-state index in [2.05, 4.69) is 49.8 Å². The summed E-state index contributed by atoms with van der Waals surface area (Å²) in [6, 6.07) is 5.68. The summed E-state index contributed by atoms with van der Waals surface area (Å²) in [6.45, 7) is 10.5. The number of rotatable bonds is 6. The van der Waals surface area contributed by atoms with Crippen molar-refractivity contribution in [3.8, 4) is 11.5 Å². The van der Waals surface area contributed by atoms with Gasteiger partial charge in [-0.05, 0) is 58.1 Å². The maximum atomic E-state index is 11.0. The Bertz CT molecular complexity index is 801. The Morgan fingerprint density at radius 3 is 2.50 bits per heavy atom. The number of nitrogens with zero attached hydrogens (tertiary/aromatic N) is 4. The van der Waals surface area contributed by atoms with E-state index in [1.807, 2.05) is 25.2 Å². The molecule has 2 heterocycles. The fourth-order valence-electron chi connectivity index (χ4n) is 4.01. The fourth-order valence-corrected chi connectivity index (χ4v) is 4.01. The number of aliphatic hydroxyl groups excluding tert-OH is 1. The van der Waals surface area contributed by atoms with Crippen LogP contribution < -0.4 is 10.2 Å². The molecular weight excluding hydrogens is 350 g/mol. The highest BCUT2D eigenvalue weighted by atomic mass is 16.3. The van der Waals surface area contributed by atoms with E-state index in [1.165, 1.54) is 5.56 Å². The van der Waals surface area contributed by atoms with Gasteiger partial charge in [0, 0.05) is 30.0 Å². The molecule has 28 heavy (non-hydrogen) atoms. The number of aliphatic hydroxyl groups is 1. The molecular formula is C22H33N5O. The van der Waals surface area contributed by atoms with Gasteiger partial charge in [-0.3, -0.25) is 10.3 Å². The average Bonchev–Trinajstić information content (AvgIpc) is 3.08. The van der Waals surface area contributed by atoms with Gasteiger partial charge < -0.3 is 10.0 Å². The SMILES string of the molecule is CC(C)[C@@H](C(O)NC(C)(C)C)N(C)c1nc(-c2ccccn2)nc2c1CCC2. The zero-order valence-electron chi connectivity index (χ0n) is 17.9. The minimum absolute atomic E-state index is 0.115. The first-order valence-electron chi connectivity index (χ1n) is 10.2. The summed E-state index contributed by atoms with van der Waals surface area (Å²) < 4.78 is 0. The first-order chi connectivity index (χ1) is 13.2. The van der Waals surface area contributed by atoms with Crippen LogP contribution in [0.25, 0.3) is 11.5 Å². The van der Waals surface area contributed by atoms with Gasteiger partial charge in [0.2, 0.25) is 0 Å². The van der Waals surface area contributed by atoms with E-state index >= 15 is 0 Å². The predicted octanol–water partition coefficient (Wildman–Crippen LogP) is 3.19. The molecule has 0 bridgehead atoms. The van der Waals surface area contributed by atoms with Gasteiger partial charge >= 0.3 is 0 Å². The van der Waals surface area contributed by atoms with Crippen molar-refractivity contribution in [2.45, 2.75) is 71.7 Å². The zero-order chi connectivity index (χ0) is 20.5. The number of anilines is 1. The highest BCUT2D eigenvalue weighted by Gasteiger charge is 2.33. The lowest BCUT2D eigenvalue weighted by atomic mass is 9.98. The van der Waals surface area contributed by atoms with Crippen molar-refractivity contribution in [2.24, 2.45) is 5.92 Å². The molecule has 2 aromatic heterocycles. The second kappa shape index (κ2) is 8.13. The van der Waals surface area contributed by atoms with Gasteiger partial charge in [-0.2, -0.15) is 0 Å². The van der Waals surface area contributed by atoms with E-state index in [4.69, 9.17) is 9.97 Å². The van der Waals surface area contributed by atoms with Crippen LogP contribution in [-0.4, -0.2) is 44.9 Å². The smallest absolute Gasteiger partial charge is 0.180 e. The summed E-state index contributed by atoms with van der Waals surface area (Å²) in [6.07, 6.45) is 4.13. The average molecular weight is 384 g/mol. The molecule has 1 aliphatic carbocycles. The topological polar surface area (TPSA) is 74.2 Å². The van der Waals surface area contributed by atoms with Crippen LogP contribution in [0.15, 0.2) is 24.4 Å². The van der Waals surface area contributed by atoms with Crippen LogP contribution in [0.4, 0.5) is 5.82 Å². The number of nitrogens with one attached hydrogen (secondary N) is 1. The number of fused-ring (bicyclic) bond motifs is 1. The van der Waals surface area contributed by atoms with Crippen LogP contribution in [0.2, 0.25) is 0 Å². The van der Waals surface area contributed by atoms with Crippen LogP contribution in [0.5, 0.6) is 0 Å². The van der Waals surface area contributed by atoms with Gasteiger partial charge in [0.05, 0.1) is 6.04 Å². The molecule has 0 radical (unpaired) electrons. The number of hydrogen-bond acceptors (Lipinski definition) is 6. The maximum absolute atomic E-state index is 11.0. The minimum Gasteiger partial charge on any atom is -0.376 e. The first-order valence-corrected chi connectivity index (χ1v) is 10.2. The second-order valence-electron chi connectivity index (χ2n) is 9.05. The molecule has 0 fully saturated rings. The van der Waals surface area contributed by atoms with E-state index in [0.717, 1.165) is 36.5 Å². The Kier molecular flexibility index (Phi) is 6.01. The summed E-state index contributed by atoms with van der Waals surface area (Å²) in [5.74, 6) is 1.81. The lowest BCUT2D eigenvalue weighted by molar-refractivity contribution is 0.0643. The van der Waals surface area contributed by atoms with Gasteiger partial charge in [0.15, 0.2) is 5.82 Å². The number of likely N-dealkylation sites (N-methyl/N-ethyl adjacent to an activating group) is 1. The Labute approximate surface area is 168 Å². The van der Waals surface area contributed by atoms with Crippen molar-refractivity contribution < 1.29 is 5.11 Å². The molecule has 152 valence electrons. The minimum atomic E-state index is -0.671. The van der Waals surface area contributed by atoms with Crippen LogP contribution in [-0.2, 0) is 12.8 Å². The monoisotopic (exact) mass is 383 g/mol. The molecule has 2 aromatic rings. The molecule has 1 unspecified atom stereocenters. The van der Waals surface area contributed by atoms with Gasteiger partial charge in [-0.1, -0.05) is 19.9 Å². The molecule has 0 aromatic carbocycles. The summed E-state index contributed by atoms with van der Waals surface area (Å²) in [5, 5.41) is 14.3. The number of hydrogen-bond donors (Lipinski definition) is 2. The molecule has 1 aliphatic rings. The van der Waals surface area contributed by atoms with Crippen molar-refractivity contribution in [3.63, 3.8) is 0 Å². The van der Waals surface area contributed by atoms with E-state index in [1.54, 1.807) is 6.20 Å². The highest BCUT2D eigenvalue weighted by molar-refractivity contribution is 5.59. The Morgan fingerprint density at radius 2 is 1.89 bits per heavy atom. The zero-order valence-corrected chi connectivity index (χ0v) is 17.9. The van der Waals surface area contributed by atoms with Crippen LogP contribution in [0.3, 0.4) is 0 Å². The molecule has 6 nitrogen and oxygen atoms in total. The van der Waals surface area contributed by atoms with Crippen molar-refractivity contribution in [1.29, 1.82) is 0 Å². The lowest BCUT2D eigenvalue weighted by Crippen LogP contribution is -2.56. The molecule has 0 saturated carbocycles. The fraction of sp³-hybridized carbons (Fsp3) is 0.591. The summed E-state index contributed by atoms with van der Waals surface area (Å²) in [5.41, 5.74) is 2.91. The predicted molar refractivity (Wildman–Crippen MR) is 113 cm³/mol. The molecule has 6 heteroatoms. The quantitative estimate of drug-likeness (QED) is 0.746. The van der Waals surface area contributed by atoms with Crippen LogP contribution in [0.1, 0.15) is 52.3 Å². The third-order valence-corrected chi connectivity index (χ3v) is 5.17. The summed E-state index contributed by atoms with van der Waals surface area (Å²) in [4.78, 5) is 16.3. The van der Waals surface area contributed by atoms with Crippen molar-refractivity contribution >= 4 is 5.82 Å². The third-order valence-electron chi connectivity index (χ3n) is 5.17. The molecule has 3 rings (SSSR count). The summed E-state index contributed by atoms with van der Waals surface area (Å²) >= 11 is 0. The Morgan fingerprint density at radius 1 is 1.14 bits per heavy atom.